The van der Waals surface area contributed by atoms with Crippen molar-refractivity contribution < 1.29 is 28.2 Å². The van der Waals surface area contributed by atoms with Crippen molar-refractivity contribution in [1.82, 2.24) is 0 Å². The largest absolute Gasteiger partial charge is 0.465 e. The molecule has 0 unspecified atom stereocenters. The molecule has 1 fully saturated rings. The highest BCUT2D eigenvalue weighted by Crippen LogP contribution is 2.71. The Labute approximate surface area is 238 Å². The molecule has 4 aromatic rings. The van der Waals surface area contributed by atoms with E-state index >= 15 is 0 Å². The summed E-state index contributed by atoms with van der Waals surface area (Å²) in [6, 6.07) is 33.1. The number of hydrogen-bond donors (Lipinski definition) is 0. The van der Waals surface area contributed by atoms with E-state index in [9.17, 15) is 14.0 Å². The van der Waals surface area contributed by atoms with Crippen LogP contribution in [0.1, 0.15) is 54.0 Å². The van der Waals surface area contributed by atoms with Gasteiger partial charge in [-0.1, -0.05) is 97.1 Å². The zero-order valence-corrected chi connectivity index (χ0v) is 23.0. The average Bonchev–Trinajstić information content (AvgIpc) is 3.28. The number of fused-ring (bicyclic) bond motifs is 5. The summed E-state index contributed by atoms with van der Waals surface area (Å²) in [7, 11) is 0. The van der Waals surface area contributed by atoms with Crippen molar-refractivity contribution in [2.24, 2.45) is 5.41 Å². The number of rotatable bonds is 7. The predicted octanol–water partition coefficient (Wildman–Crippen LogP) is 6.64. The van der Waals surface area contributed by atoms with Crippen molar-refractivity contribution in [3.05, 3.63) is 143 Å². The summed E-state index contributed by atoms with van der Waals surface area (Å²) >= 11 is 0. The van der Waals surface area contributed by atoms with Crippen LogP contribution in [-0.2, 0) is 35.0 Å². The first-order chi connectivity index (χ1) is 20.0. The van der Waals surface area contributed by atoms with Crippen molar-refractivity contribution in [2.45, 2.75) is 37.4 Å². The van der Waals surface area contributed by atoms with Gasteiger partial charge in [-0.05, 0) is 60.2 Å². The molecule has 208 valence electrons. The van der Waals surface area contributed by atoms with Gasteiger partial charge in [-0.3, -0.25) is 9.59 Å². The molecule has 4 aromatic carbocycles. The molecule has 5 nitrogen and oxygen atoms in total. The summed E-state index contributed by atoms with van der Waals surface area (Å²) in [6.45, 7) is 3.56. The molecule has 41 heavy (non-hydrogen) atoms. The Morgan fingerprint density at radius 1 is 0.732 bits per heavy atom. The number of benzene rings is 4. The van der Waals surface area contributed by atoms with E-state index in [1.807, 2.05) is 84.9 Å². The molecule has 2 aliphatic heterocycles. The van der Waals surface area contributed by atoms with Gasteiger partial charge in [0, 0.05) is 5.92 Å². The van der Waals surface area contributed by atoms with Gasteiger partial charge in [0.25, 0.3) is 0 Å². The fourth-order valence-corrected chi connectivity index (χ4v) is 6.96. The summed E-state index contributed by atoms with van der Waals surface area (Å²) in [4.78, 5) is 28.8. The lowest BCUT2D eigenvalue weighted by Gasteiger charge is -2.54. The van der Waals surface area contributed by atoms with Crippen LogP contribution in [0.4, 0.5) is 4.39 Å². The second-order valence-electron chi connectivity index (χ2n) is 10.5. The van der Waals surface area contributed by atoms with Crippen LogP contribution in [0.3, 0.4) is 0 Å². The third kappa shape index (κ3) is 3.70. The molecule has 6 heteroatoms. The average molecular weight is 551 g/mol. The molecule has 2 bridgehead atoms. The van der Waals surface area contributed by atoms with E-state index in [4.69, 9.17) is 14.2 Å². The Balaban J connectivity index is 1.79. The molecule has 6 rings (SSSR count). The smallest absolute Gasteiger partial charge is 0.327 e. The van der Waals surface area contributed by atoms with Gasteiger partial charge in [0.05, 0.1) is 13.2 Å². The highest BCUT2D eigenvalue weighted by molar-refractivity contribution is 6.03. The van der Waals surface area contributed by atoms with Crippen molar-refractivity contribution in [3.63, 3.8) is 0 Å². The summed E-state index contributed by atoms with van der Waals surface area (Å²) in [5.41, 5.74) is -0.842. The van der Waals surface area contributed by atoms with Gasteiger partial charge in [0.2, 0.25) is 5.41 Å². The van der Waals surface area contributed by atoms with Crippen molar-refractivity contribution in [1.29, 1.82) is 0 Å². The van der Waals surface area contributed by atoms with Crippen LogP contribution < -0.4 is 0 Å². The molecule has 0 saturated carbocycles. The van der Waals surface area contributed by atoms with E-state index in [1.165, 1.54) is 12.1 Å². The number of halogens is 1. The van der Waals surface area contributed by atoms with Gasteiger partial charge in [0.1, 0.15) is 17.0 Å². The van der Waals surface area contributed by atoms with E-state index in [2.05, 4.69) is 0 Å². The molecule has 1 saturated heterocycles. The van der Waals surface area contributed by atoms with E-state index in [-0.39, 0.29) is 25.5 Å². The highest BCUT2D eigenvalue weighted by atomic mass is 19.1. The van der Waals surface area contributed by atoms with Gasteiger partial charge >= 0.3 is 11.9 Å². The minimum absolute atomic E-state index is 0.00870. The van der Waals surface area contributed by atoms with Crippen LogP contribution >= 0.6 is 0 Å². The van der Waals surface area contributed by atoms with Crippen LogP contribution in [0.15, 0.2) is 109 Å². The van der Waals surface area contributed by atoms with E-state index in [1.54, 1.807) is 26.0 Å². The first-order valence-corrected chi connectivity index (χ1v) is 14.0. The number of esters is 2. The molecule has 0 amide bonds. The number of carbonyl (C=O) groups excluding carboxylic acids is 2. The third-order valence-electron chi connectivity index (χ3n) is 8.53. The van der Waals surface area contributed by atoms with Crippen LogP contribution in [-0.4, -0.2) is 25.2 Å². The lowest BCUT2D eigenvalue weighted by atomic mass is 9.59. The van der Waals surface area contributed by atoms with Crippen LogP contribution in [0, 0.1) is 11.2 Å². The van der Waals surface area contributed by atoms with Gasteiger partial charge < -0.3 is 14.2 Å². The number of ether oxygens (including phenoxy) is 3. The predicted molar refractivity (Wildman–Crippen MR) is 151 cm³/mol. The summed E-state index contributed by atoms with van der Waals surface area (Å²) < 4.78 is 33.1. The summed E-state index contributed by atoms with van der Waals surface area (Å²) in [6.07, 6.45) is 0.00870. The number of carbonyl (C=O) groups is 2. The molecule has 3 atom stereocenters. The molecule has 2 aliphatic rings. The molecule has 0 spiro atoms. The van der Waals surface area contributed by atoms with Gasteiger partial charge in [-0.15, -0.1) is 0 Å². The lowest BCUT2D eigenvalue weighted by molar-refractivity contribution is -0.236. The van der Waals surface area contributed by atoms with E-state index < -0.39 is 34.5 Å². The third-order valence-corrected chi connectivity index (χ3v) is 8.53. The summed E-state index contributed by atoms with van der Waals surface area (Å²) in [5.74, 6) is -2.40. The molecule has 0 aromatic heterocycles. The SMILES string of the molecule is CCOC(=O)C1(C(=O)OCC)C[C@@H](c2ccc(F)cc2)[C@@]2(c3ccccc3)O[C@]1(c1ccccc1)c1ccccc12. The fourth-order valence-electron chi connectivity index (χ4n) is 6.96. The molecular weight excluding hydrogens is 519 g/mol. The Morgan fingerprint density at radius 2 is 1.24 bits per heavy atom. The maximum atomic E-state index is 14.4. The van der Waals surface area contributed by atoms with Gasteiger partial charge in [-0.25, -0.2) is 4.39 Å². The maximum Gasteiger partial charge on any atom is 0.327 e. The van der Waals surface area contributed by atoms with E-state index in [0.29, 0.717) is 11.1 Å². The highest BCUT2D eigenvalue weighted by Gasteiger charge is 2.78. The van der Waals surface area contributed by atoms with Crippen molar-refractivity contribution in [2.75, 3.05) is 13.2 Å². The fraction of sp³-hybridized carbons (Fsp3) is 0.257. The van der Waals surface area contributed by atoms with Crippen LogP contribution in [0.2, 0.25) is 0 Å². The Hall–Kier alpha value is -4.29. The number of hydrogen-bond acceptors (Lipinski definition) is 5. The first kappa shape index (κ1) is 26.9. The Morgan fingerprint density at radius 3 is 1.80 bits per heavy atom. The minimum Gasteiger partial charge on any atom is -0.465 e. The van der Waals surface area contributed by atoms with Gasteiger partial charge in [-0.2, -0.15) is 0 Å². The second kappa shape index (κ2) is 10.3. The zero-order valence-electron chi connectivity index (χ0n) is 23.0. The van der Waals surface area contributed by atoms with Crippen molar-refractivity contribution >= 4 is 11.9 Å². The zero-order chi connectivity index (χ0) is 28.7. The standard InChI is InChI=1S/C35H31FO5/c1-3-39-31(37)33(32(38)40-4-2)23-30(24-19-21-27(36)22-20-24)34(25-13-7-5-8-14-25)28-17-11-12-18-29(28)35(33,41-34)26-15-9-6-10-16-26/h5-22,30H,3-4,23H2,1-2H3/t30-,34-,35+/m0/s1. The maximum absolute atomic E-state index is 14.4. The van der Waals surface area contributed by atoms with Gasteiger partial charge in [0.15, 0.2) is 0 Å². The second-order valence-corrected chi connectivity index (χ2v) is 10.5. The van der Waals surface area contributed by atoms with Crippen LogP contribution in [0.5, 0.6) is 0 Å². The quantitative estimate of drug-likeness (QED) is 0.191. The van der Waals surface area contributed by atoms with Crippen molar-refractivity contribution in [3.8, 4) is 0 Å². The molecule has 0 N–H and O–H groups in total. The molecule has 0 aliphatic carbocycles. The molecular formula is C35H31FO5. The van der Waals surface area contributed by atoms with E-state index in [0.717, 1.165) is 16.7 Å². The first-order valence-electron chi connectivity index (χ1n) is 14.0. The lowest BCUT2D eigenvalue weighted by Crippen LogP contribution is -2.63. The summed E-state index contributed by atoms with van der Waals surface area (Å²) in [5, 5.41) is 0. The van der Waals surface area contributed by atoms with Crippen LogP contribution in [0.25, 0.3) is 0 Å². The monoisotopic (exact) mass is 550 g/mol. The topological polar surface area (TPSA) is 61.8 Å². The Kier molecular flexibility index (Phi) is 6.74. The molecule has 2 heterocycles. The minimum atomic E-state index is -1.91. The normalized spacial score (nSPS) is 23.8. The Bertz CT molecular complexity index is 1550. The molecule has 0 radical (unpaired) electrons.